The van der Waals surface area contributed by atoms with Gasteiger partial charge in [-0.1, -0.05) is 19.3 Å². The Labute approximate surface area is 80.9 Å². The first-order chi connectivity index (χ1) is 6.34. The molecule has 0 aromatic heterocycles. The summed E-state index contributed by atoms with van der Waals surface area (Å²) in [5.74, 6) is 0.930. The molecule has 1 saturated heterocycles. The lowest BCUT2D eigenvalue weighted by Crippen LogP contribution is -2.29. The van der Waals surface area contributed by atoms with Crippen molar-refractivity contribution >= 4 is 0 Å². The molecule has 1 heterocycles. The summed E-state index contributed by atoms with van der Waals surface area (Å²) in [5.41, 5.74) is 0. The molecule has 0 aromatic rings. The molecule has 76 valence electrons. The summed E-state index contributed by atoms with van der Waals surface area (Å²) in [5, 5.41) is 9.39. The summed E-state index contributed by atoms with van der Waals surface area (Å²) in [6.07, 6.45) is 8.11. The zero-order valence-corrected chi connectivity index (χ0v) is 8.41. The van der Waals surface area contributed by atoms with E-state index < -0.39 is 0 Å². The van der Waals surface area contributed by atoms with Crippen LogP contribution in [0.2, 0.25) is 0 Å². The zero-order valence-electron chi connectivity index (χ0n) is 8.41. The molecule has 0 spiro atoms. The Hall–Kier alpha value is -0.0800. The van der Waals surface area contributed by atoms with Gasteiger partial charge in [-0.05, 0) is 25.2 Å². The van der Waals surface area contributed by atoms with Crippen LogP contribution >= 0.6 is 0 Å². The Morgan fingerprint density at radius 1 is 1.08 bits per heavy atom. The molecule has 0 radical (unpaired) electrons. The third-order valence-corrected chi connectivity index (χ3v) is 3.49. The summed E-state index contributed by atoms with van der Waals surface area (Å²) in [6, 6.07) is 0. The summed E-state index contributed by atoms with van der Waals surface area (Å²) in [4.78, 5) is 2.45. The molecule has 2 aliphatic rings. The van der Waals surface area contributed by atoms with Gasteiger partial charge < -0.3 is 10.0 Å². The van der Waals surface area contributed by atoms with E-state index in [1.807, 2.05) is 0 Å². The highest BCUT2D eigenvalue weighted by molar-refractivity contribution is 4.77. The Balaban J connectivity index is 1.71. The number of likely N-dealkylation sites (tertiary alicyclic amines) is 1. The molecule has 1 N–H and O–H groups in total. The molecule has 1 aliphatic carbocycles. The molecule has 0 unspecified atom stereocenters. The van der Waals surface area contributed by atoms with Crippen molar-refractivity contribution < 1.29 is 5.11 Å². The van der Waals surface area contributed by atoms with Crippen LogP contribution in [-0.2, 0) is 0 Å². The average molecular weight is 183 g/mol. The van der Waals surface area contributed by atoms with E-state index in [-0.39, 0.29) is 6.10 Å². The topological polar surface area (TPSA) is 23.5 Å². The number of nitrogens with zero attached hydrogens (tertiary/aromatic N) is 1. The molecular formula is C11H21NO. The maximum atomic E-state index is 9.39. The number of aliphatic hydroxyl groups is 1. The van der Waals surface area contributed by atoms with Gasteiger partial charge >= 0.3 is 0 Å². The Morgan fingerprint density at radius 3 is 2.46 bits per heavy atom. The molecule has 1 atom stereocenters. The predicted molar refractivity (Wildman–Crippen MR) is 53.6 cm³/mol. The van der Waals surface area contributed by atoms with Gasteiger partial charge in [0.15, 0.2) is 0 Å². The zero-order chi connectivity index (χ0) is 9.10. The van der Waals surface area contributed by atoms with Crippen molar-refractivity contribution in [3.63, 3.8) is 0 Å². The molecule has 0 bridgehead atoms. The Kier molecular flexibility index (Phi) is 3.23. The number of aliphatic hydroxyl groups excluding tert-OH is 1. The number of β-amino-alcohol motifs (C(OH)–C–C–N with tert-alkyl or cyclic N) is 1. The second-order valence-corrected chi connectivity index (χ2v) is 4.71. The van der Waals surface area contributed by atoms with Gasteiger partial charge in [0.2, 0.25) is 0 Å². The van der Waals surface area contributed by atoms with E-state index in [0.717, 1.165) is 25.4 Å². The van der Waals surface area contributed by atoms with Gasteiger partial charge in [0.25, 0.3) is 0 Å². The van der Waals surface area contributed by atoms with Gasteiger partial charge in [-0.3, -0.25) is 0 Å². The summed E-state index contributed by atoms with van der Waals surface area (Å²) < 4.78 is 0. The van der Waals surface area contributed by atoms with Crippen molar-refractivity contribution in [1.29, 1.82) is 0 Å². The van der Waals surface area contributed by atoms with Crippen molar-refractivity contribution in [2.45, 2.75) is 44.6 Å². The van der Waals surface area contributed by atoms with Crippen LogP contribution in [0.1, 0.15) is 38.5 Å². The summed E-state index contributed by atoms with van der Waals surface area (Å²) in [6.45, 7) is 3.30. The third kappa shape index (κ3) is 2.68. The van der Waals surface area contributed by atoms with Gasteiger partial charge in [0, 0.05) is 19.6 Å². The van der Waals surface area contributed by atoms with Crippen molar-refractivity contribution in [2.24, 2.45) is 5.92 Å². The van der Waals surface area contributed by atoms with Gasteiger partial charge in [0.05, 0.1) is 6.10 Å². The minimum atomic E-state index is -0.0383. The van der Waals surface area contributed by atoms with E-state index in [0.29, 0.717) is 0 Å². The quantitative estimate of drug-likeness (QED) is 0.703. The van der Waals surface area contributed by atoms with E-state index in [1.54, 1.807) is 0 Å². The Morgan fingerprint density at radius 2 is 1.85 bits per heavy atom. The lowest BCUT2D eigenvalue weighted by molar-refractivity contribution is 0.164. The molecule has 2 rings (SSSR count). The lowest BCUT2D eigenvalue weighted by atomic mass is 9.89. The van der Waals surface area contributed by atoms with Gasteiger partial charge in [-0.15, -0.1) is 0 Å². The second-order valence-electron chi connectivity index (χ2n) is 4.71. The van der Waals surface area contributed by atoms with Crippen LogP contribution in [0.4, 0.5) is 0 Å². The van der Waals surface area contributed by atoms with Gasteiger partial charge in [0.1, 0.15) is 0 Å². The van der Waals surface area contributed by atoms with Crippen molar-refractivity contribution in [3.05, 3.63) is 0 Å². The normalized spacial score (nSPS) is 32.5. The first-order valence-corrected chi connectivity index (χ1v) is 5.75. The molecule has 1 saturated carbocycles. The molecule has 2 heteroatoms. The highest BCUT2D eigenvalue weighted by atomic mass is 16.3. The van der Waals surface area contributed by atoms with Crippen LogP contribution in [0.5, 0.6) is 0 Å². The van der Waals surface area contributed by atoms with Crippen LogP contribution in [-0.4, -0.2) is 35.7 Å². The fraction of sp³-hybridized carbons (Fsp3) is 1.00. The summed E-state index contributed by atoms with van der Waals surface area (Å²) >= 11 is 0. The largest absolute Gasteiger partial charge is 0.392 e. The molecule has 2 fully saturated rings. The maximum absolute atomic E-state index is 9.39. The van der Waals surface area contributed by atoms with E-state index in [4.69, 9.17) is 0 Å². The monoisotopic (exact) mass is 183 g/mol. The molecule has 2 nitrogen and oxygen atoms in total. The summed E-state index contributed by atoms with van der Waals surface area (Å²) in [7, 11) is 0. The highest BCUT2D eigenvalue weighted by Gasteiger charge is 2.23. The molecule has 0 amide bonds. The SMILES string of the molecule is O[C@@H]1CCN(CC2CCCCC2)C1. The van der Waals surface area contributed by atoms with Crippen molar-refractivity contribution in [1.82, 2.24) is 4.90 Å². The Bertz CT molecular complexity index is 151. The molecule has 13 heavy (non-hydrogen) atoms. The first-order valence-electron chi connectivity index (χ1n) is 5.75. The van der Waals surface area contributed by atoms with E-state index in [9.17, 15) is 5.11 Å². The fourth-order valence-corrected chi connectivity index (χ4v) is 2.71. The maximum Gasteiger partial charge on any atom is 0.0679 e. The van der Waals surface area contributed by atoms with Crippen LogP contribution in [0, 0.1) is 5.92 Å². The first kappa shape index (κ1) is 9.47. The minimum Gasteiger partial charge on any atom is -0.392 e. The van der Waals surface area contributed by atoms with Crippen molar-refractivity contribution in [2.75, 3.05) is 19.6 Å². The van der Waals surface area contributed by atoms with Crippen LogP contribution in [0.25, 0.3) is 0 Å². The molecular weight excluding hydrogens is 162 g/mol. The molecule has 1 aliphatic heterocycles. The lowest BCUT2D eigenvalue weighted by Gasteiger charge is -2.26. The van der Waals surface area contributed by atoms with Gasteiger partial charge in [-0.25, -0.2) is 0 Å². The standard InChI is InChI=1S/C11H21NO/c13-11-6-7-12(9-11)8-10-4-2-1-3-5-10/h10-11,13H,1-9H2/t11-/m1/s1. The molecule has 0 aromatic carbocycles. The number of hydrogen-bond acceptors (Lipinski definition) is 2. The van der Waals surface area contributed by atoms with E-state index in [1.165, 1.54) is 38.6 Å². The van der Waals surface area contributed by atoms with Crippen LogP contribution in [0.15, 0.2) is 0 Å². The highest BCUT2D eigenvalue weighted by Crippen LogP contribution is 2.25. The average Bonchev–Trinajstić information content (AvgIpc) is 2.53. The van der Waals surface area contributed by atoms with E-state index in [2.05, 4.69) is 4.90 Å². The van der Waals surface area contributed by atoms with E-state index >= 15 is 0 Å². The predicted octanol–water partition coefficient (Wildman–Crippen LogP) is 1.63. The smallest absolute Gasteiger partial charge is 0.0679 e. The van der Waals surface area contributed by atoms with Gasteiger partial charge in [-0.2, -0.15) is 0 Å². The number of hydrogen-bond donors (Lipinski definition) is 1. The van der Waals surface area contributed by atoms with Crippen molar-refractivity contribution in [3.8, 4) is 0 Å². The fourth-order valence-electron chi connectivity index (χ4n) is 2.71. The third-order valence-electron chi connectivity index (χ3n) is 3.49. The number of rotatable bonds is 2. The second kappa shape index (κ2) is 4.43. The minimum absolute atomic E-state index is 0.0383. The van der Waals surface area contributed by atoms with Crippen LogP contribution in [0.3, 0.4) is 0 Å². The van der Waals surface area contributed by atoms with Crippen LogP contribution < -0.4 is 0 Å².